The fraction of sp³-hybridized carbons (Fsp3) is 0.533. The number of H-pyrrole nitrogens is 1. The summed E-state index contributed by atoms with van der Waals surface area (Å²) < 4.78 is 5.16. The lowest BCUT2D eigenvalue weighted by Gasteiger charge is -2.31. The maximum atomic E-state index is 12.5. The largest absolute Gasteiger partial charge is 0.351 e. The van der Waals surface area contributed by atoms with Crippen LogP contribution in [0.5, 0.6) is 0 Å². The maximum Gasteiger partial charge on any atom is 0.292 e. The Morgan fingerprint density at radius 3 is 3.10 bits per heavy atom. The summed E-state index contributed by atoms with van der Waals surface area (Å²) in [6.45, 7) is 5.50. The van der Waals surface area contributed by atoms with Gasteiger partial charge in [0.2, 0.25) is 5.76 Å². The molecule has 0 aliphatic carbocycles. The number of aromatic amines is 1. The van der Waals surface area contributed by atoms with Crippen molar-refractivity contribution < 1.29 is 9.32 Å². The van der Waals surface area contributed by atoms with Crippen molar-refractivity contribution in [1.29, 1.82) is 0 Å². The number of hydrogen-bond acceptors (Lipinski definition) is 4. The molecule has 1 N–H and O–H groups in total. The molecule has 1 aliphatic rings. The smallest absolute Gasteiger partial charge is 0.292 e. The summed E-state index contributed by atoms with van der Waals surface area (Å²) in [4.78, 5) is 14.4. The summed E-state index contributed by atoms with van der Waals surface area (Å²) in [5.41, 5.74) is 3.11. The Labute approximate surface area is 123 Å². The van der Waals surface area contributed by atoms with Crippen molar-refractivity contribution in [3.8, 4) is 0 Å². The van der Waals surface area contributed by atoms with E-state index in [2.05, 4.69) is 15.4 Å². The highest BCUT2D eigenvalue weighted by Crippen LogP contribution is 2.28. The van der Waals surface area contributed by atoms with E-state index in [-0.39, 0.29) is 5.91 Å². The predicted octanol–water partition coefficient (Wildman–Crippen LogP) is 2.29. The number of aryl methyl sites for hydroxylation is 2. The number of nitrogens with one attached hydrogen (secondary N) is 1. The minimum atomic E-state index is -0.0657. The second-order valence-corrected chi connectivity index (χ2v) is 5.59. The Hall–Kier alpha value is -2.11. The van der Waals surface area contributed by atoms with E-state index < -0.39 is 0 Å². The van der Waals surface area contributed by atoms with E-state index in [1.54, 1.807) is 6.07 Å². The Balaban J connectivity index is 1.73. The van der Waals surface area contributed by atoms with Crippen LogP contribution in [-0.4, -0.2) is 39.3 Å². The molecule has 6 heteroatoms. The van der Waals surface area contributed by atoms with Gasteiger partial charge in [0.25, 0.3) is 5.91 Å². The Kier molecular flexibility index (Phi) is 3.77. The molecule has 3 heterocycles. The highest BCUT2D eigenvalue weighted by atomic mass is 16.5. The first-order valence-electron chi connectivity index (χ1n) is 7.43. The molecule has 0 saturated carbocycles. The number of carbonyl (C=O) groups excluding carboxylic acids is 1. The molecule has 2 aromatic rings. The molecule has 1 saturated heterocycles. The highest BCUT2D eigenvalue weighted by molar-refractivity contribution is 5.91. The molecule has 6 nitrogen and oxygen atoms in total. The van der Waals surface area contributed by atoms with Crippen LogP contribution in [0, 0.1) is 6.92 Å². The van der Waals surface area contributed by atoms with Gasteiger partial charge in [0.1, 0.15) is 0 Å². The first-order valence-corrected chi connectivity index (χ1v) is 7.43. The third-order valence-corrected chi connectivity index (χ3v) is 4.12. The first kappa shape index (κ1) is 13.9. The monoisotopic (exact) mass is 288 g/mol. The molecule has 0 aromatic carbocycles. The summed E-state index contributed by atoms with van der Waals surface area (Å²) >= 11 is 0. The van der Waals surface area contributed by atoms with Crippen molar-refractivity contribution in [3.63, 3.8) is 0 Å². The highest BCUT2D eigenvalue weighted by Gasteiger charge is 2.28. The second kappa shape index (κ2) is 5.71. The number of rotatable bonds is 3. The Morgan fingerprint density at radius 2 is 2.43 bits per heavy atom. The molecular weight excluding hydrogens is 268 g/mol. The average Bonchev–Trinajstić information content (AvgIpc) is 3.15. The van der Waals surface area contributed by atoms with Crippen molar-refractivity contribution in [2.45, 2.75) is 39.0 Å². The molecule has 0 radical (unpaired) electrons. The summed E-state index contributed by atoms with van der Waals surface area (Å²) in [6, 6.07) is 1.74. The molecule has 1 fully saturated rings. The summed E-state index contributed by atoms with van der Waals surface area (Å²) in [5.74, 6) is 0.594. The van der Waals surface area contributed by atoms with Crippen molar-refractivity contribution in [1.82, 2.24) is 20.3 Å². The Morgan fingerprint density at radius 1 is 1.57 bits per heavy atom. The number of carbonyl (C=O) groups is 1. The molecule has 1 atom stereocenters. The van der Waals surface area contributed by atoms with Gasteiger partial charge in [0.15, 0.2) is 0 Å². The van der Waals surface area contributed by atoms with Crippen LogP contribution < -0.4 is 0 Å². The van der Waals surface area contributed by atoms with Crippen LogP contribution in [0.15, 0.2) is 16.8 Å². The van der Waals surface area contributed by atoms with E-state index in [0.29, 0.717) is 18.2 Å². The van der Waals surface area contributed by atoms with Gasteiger partial charge >= 0.3 is 0 Å². The number of hydrogen-bond donors (Lipinski definition) is 1. The summed E-state index contributed by atoms with van der Waals surface area (Å²) in [6.07, 6.45) is 4.67. The van der Waals surface area contributed by atoms with Crippen LogP contribution in [0.2, 0.25) is 0 Å². The fourth-order valence-electron chi connectivity index (χ4n) is 2.90. The molecule has 1 aliphatic heterocycles. The van der Waals surface area contributed by atoms with E-state index in [9.17, 15) is 4.79 Å². The van der Waals surface area contributed by atoms with Crippen LogP contribution >= 0.6 is 0 Å². The van der Waals surface area contributed by atoms with Gasteiger partial charge in [-0.3, -0.25) is 9.89 Å². The van der Waals surface area contributed by atoms with Crippen molar-refractivity contribution >= 4 is 5.91 Å². The van der Waals surface area contributed by atoms with Crippen LogP contribution in [0.4, 0.5) is 0 Å². The number of amides is 1. The summed E-state index contributed by atoms with van der Waals surface area (Å²) in [7, 11) is 0. The topological polar surface area (TPSA) is 75.0 Å². The van der Waals surface area contributed by atoms with E-state index in [1.807, 2.05) is 24.9 Å². The zero-order chi connectivity index (χ0) is 14.8. The third kappa shape index (κ3) is 2.70. The van der Waals surface area contributed by atoms with Crippen molar-refractivity contribution in [3.05, 3.63) is 35.0 Å². The lowest BCUT2D eigenvalue weighted by atomic mass is 9.93. The van der Waals surface area contributed by atoms with Gasteiger partial charge < -0.3 is 9.42 Å². The van der Waals surface area contributed by atoms with Gasteiger partial charge in [-0.05, 0) is 31.7 Å². The molecule has 2 aromatic heterocycles. The lowest BCUT2D eigenvalue weighted by molar-refractivity contribution is 0.0663. The van der Waals surface area contributed by atoms with Gasteiger partial charge in [-0.25, -0.2) is 0 Å². The van der Waals surface area contributed by atoms with Gasteiger partial charge in [-0.15, -0.1) is 0 Å². The van der Waals surface area contributed by atoms with Crippen LogP contribution in [0.1, 0.15) is 53.2 Å². The first-order chi connectivity index (χ1) is 10.2. The van der Waals surface area contributed by atoms with Gasteiger partial charge in [0.05, 0.1) is 11.9 Å². The number of aromatic nitrogens is 3. The molecule has 0 unspecified atom stereocenters. The maximum absolute atomic E-state index is 12.5. The zero-order valence-corrected chi connectivity index (χ0v) is 12.4. The third-order valence-electron chi connectivity index (χ3n) is 4.12. The average molecular weight is 288 g/mol. The van der Waals surface area contributed by atoms with Gasteiger partial charge in [-0.1, -0.05) is 12.1 Å². The Bertz CT molecular complexity index is 631. The molecule has 0 spiro atoms. The van der Waals surface area contributed by atoms with E-state index in [1.165, 1.54) is 0 Å². The standard InChI is InChI=1S/C15H20N4O2/c1-3-12-7-13(21-18-12)15(20)19-6-4-5-11(9-19)14-10(2)8-16-17-14/h7-8,11H,3-6,9H2,1-2H3,(H,16,17)/t11-/m1/s1. The molecule has 1 amide bonds. The molecule has 0 bridgehead atoms. The van der Waals surface area contributed by atoms with Gasteiger partial charge in [0, 0.05) is 30.8 Å². The molecule has 112 valence electrons. The van der Waals surface area contributed by atoms with Crippen LogP contribution in [-0.2, 0) is 6.42 Å². The van der Waals surface area contributed by atoms with E-state index in [4.69, 9.17) is 4.52 Å². The molecule has 3 rings (SSSR count). The van der Waals surface area contributed by atoms with Crippen LogP contribution in [0.25, 0.3) is 0 Å². The fourth-order valence-corrected chi connectivity index (χ4v) is 2.90. The number of nitrogens with zero attached hydrogens (tertiary/aromatic N) is 3. The zero-order valence-electron chi connectivity index (χ0n) is 12.4. The van der Waals surface area contributed by atoms with Crippen molar-refractivity contribution in [2.24, 2.45) is 0 Å². The molecular formula is C15H20N4O2. The van der Waals surface area contributed by atoms with E-state index in [0.717, 1.165) is 42.8 Å². The second-order valence-electron chi connectivity index (χ2n) is 5.59. The van der Waals surface area contributed by atoms with Crippen molar-refractivity contribution in [2.75, 3.05) is 13.1 Å². The number of likely N-dealkylation sites (tertiary alicyclic amines) is 1. The minimum Gasteiger partial charge on any atom is -0.351 e. The van der Waals surface area contributed by atoms with Crippen LogP contribution in [0.3, 0.4) is 0 Å². The lowest BCUT2D eigenvalue weighted by Crippen LogP contribution is -2.39. The number of piperidine rings is 1. The normalized spacial score (nSPS) is 19.0. The summed E-state index contributed by atoms with van der Waals surface area (Å²) in [5, 5.41) is 11.0. The van der Waals surface area contributed by atoms with E-state index >= 15 is 0 Å². The predicted molar refractivity (Wildman–Crippen MR) is 77.1 cm³/mol. The minimum absolute atomic E-state index is 0.0657. The molecule has 21 heavy (non-hydrogen) atoms. The van der Waals surface area contributed by atoms with Gasteiger partial charge in [-0.2, -0.15) is 5.10 Å². The SMILES string of the molecule is CCc1cc(C(=O)N2CCC[C@@H](c3[nH]ncc3C)C2)on1. The quantitative estimate of drug-likeness (QED) is 0.940.